The maximum atomic E-state index is 13.5. The lowest BCUT2D eigenvalue weighted by molar-refractivity contribution is -0.136. The number of piperazine rings is 1. The van der Waals surface area contributed by atoms with E-state index in [-0.39, 0.29) is 30.7 Å². The highest BCUT2D eigenvalue weighted by atomic mass is 19.1. The van der Waals surface area contributed by atoms with E-state index in [4.69, 9.17) is 0 Å². The van der Waals surface area contributed by atoms with Crippen molar-refractivity contribution in [3.8, 4) is 0 Å². The standard InChI is InChI=1S/C26H29FN6O3/c1-2-31-17-22-24(28-31)25(35)33(16-19-6-4-3-5-7-19)26(36)32(22)18-23(34)30-14-12-29(13-15-30)21-10-8-20(27)9-11-21/h3-11,17,24,28H,2,12-16,18H2,1H3. The van der Waals surface area contributed by atoms with Crippen molar-refractivity contribution in [2.75, 3.05) is 44.2 Å². The van der Waals surface area contributed by atoms with Gasteiger partial charge in [0.25, 0.3) is 5.91 Å². The van der Waals surface area contributed by atoms with E-state index < -0.39 is 12.1 Å². The highest BCUT2D eigenvalue weighted by Crippen LogP contribution is 2.27. The Morgan fingerprint density at radius 2 is 1.67 bits per heavy atom. The summed E-state index contributed by atoms with van der Waals surface area (Å²) in [5.41, 5.74) is 5.38. The van der Waals surface area contributed by atoms with Crippen LogP contribution in [0.25, 0.3) is 0 Å². The molecule has 0 bridgehead atoms. The van der Waals surface area contributed by atoms with Crippen LogP contribution < -0.4 is 10.3 Å². The van der Waals surface area contributed by atoms with E-state index in [0.717, 1.165) is 11.3 Å². The summed E-state index contributed by atoms with van der Waals surface area (Å²) in [6.45, 7) is 4.74. The maximum Gasteiger partial charge on any atom is 0.331 e. The molecule has 3 heterocycles. The molecule has 4 amide bonds. The molecule has 3 aliphatic heterocycles. The van der Waals surface area contributed by atoms with Crippen LogP contribution in [-0.2, 0) is 16.1 Å². The Kier molecular flexibility index (Phi) is 6.60. The summed E-state index contributed by atoms with van der Waals surface area (Å²) in [7, 11) is 0. The van der Waals surface area contributed by atoms with E-state index in [1.54, 1.807) is 28.2 Å². The molecule has 0 aromatic heterocycles. The number of hydrogen-bond donors (Lipinski definition) is 1. The number of nitrogens with one attached hydrogen (secondary N) is 1. The monoisotopic (exact) mass is 492 g/mol. The lowest BCUT2D eigenvalue weighted by Crippen LogP contribution is -2.61. The van der Waals surface area contributed by atoms with Crippen LogP contribution in [0.3, 0.4) is 0 Å². The fourth-order valence-electron chi connectivity index (χ4n) is 4.77. The zero-order valence-corrected chi connectivity index (χ0v) is 20.1. The first-order chi connectivity index (χ1) is 17.4. The summed E-state index contributed by atoms with van der Waals surface area (Å²) in [5.74, 6) is -0.789. The molecule has 3 aliphatic rings. The number of anilines is 1. The number of rotatable bonds is 6. The van der Waals surface area contributed by atoms with Crippen molar-refractivity contribution in [3.63, 3.8) is 0 Å². The summed E-state index contributed by atoms with van der Waals surface area (Å²) < 4.78 is 13.2. The zero-order valence-electron chi connectivity index (χ0n) is 20.1. The number of carbonyl (C=O) groups is 3. The van der Waals surface area contributed by atoms with Gasteiger partial charge in [-0.3, -0.25) is 19.4 Å². The Balaban J connectivity index is 1.29. The molecule has 2 saturated heterocycles. The number of fused-ring (bicyclic) bond motifs is 1. The van der Waals surface area contributed by atoms with Crippen molar-refractivity contribution in [2.45, 2.75) is 19.5 Å². The first kappa shape index (κ1) is 23.8. The Bertz CT molecular complexity index is 1160. The summed E-state index contributed by atoms with van der Waals surface area (Å²) in [5, 5.41) is 1.76. The van der Waals surface area contributed by atoms with Gasteiger partial charge in [0.2, 0.25) is 5.91 Å². The number of nitrogens with zero attached hydrogens (tertiary/aromatic N) is 5. The van der Waals surface area contributed by atoms with Crippen molar-refractivity contribution >= 4 is 23.5 Å². The second-order valence-electron chi connectivity index (χ2n) is 9.03. The number of benzene rings is 2. The number of hydrazine groups is 1. The fourth-order valence-corrected chi connectivity index (χ4v) is 4.77. The number of imide groups is 1. The van der Waals surface area contributed by atoms with Crippen molar-refractivity contribution in [1.29, 1.82) is 0 Å². The molecule has 1 unspecified atom stereocenters. The fraction of sp³-hybridized carbons (Fsp3) is 0.346. The number of carbonyl (C=O) groups excluding carboxylic acids is 3. The summed E-state index contributed by atoms with van der Waals surface area (Å²) >= 11 is 0. The van der Waals surface area contributed by atoms with Crippen LogP contribution >= 0.6 is 0 Å². The van der Waals surface area contributed by atoms with Crippen LogP contribution in [0.5, 0.6) is 0 Å². The van der Waals surface area contributed by atoms with Gasteiger partial charge in [0.15, 0.2) is 0 Å². The van der Waals surface area contributed by atoms with Gasteiger partial charge in [-0.25, -0.2) is 14.6 Å². The zero-order chi connectivity index (χ0) is 25.2. The van der Waals surface area contributed by atoms with Crippen LogP contribution in [0.2, 0.25) is 0 Å². The summed E-state index contributed by atoms with van der Waals surface area (Å²) in [6.07, 6.45) is 1.74. The van der Waals surface area contributed by atoms with Gasteiger partial charge in [0, 0.05) is 44.6 Å². The normalized spacial score (nSPS) is 20.1. The molecule has 10 heteroatoms. The lowest BCUT2D eigenvalue weighted by Gasteiger charge is -2.40. The molecular weight excluding hydrogens is 463 g/mol. The van der Waals surface area contributed by atoms with E-state index in [1.165, 1.54) is 21.9 Å². The predicted molar refractivity (Wildman–Crippen MR) is 132 cm³/mol. The molecule has 0 aliphatic carbocycles. The third kappa shape index (κ3) is 4.64. The molecular formula is C26H29FN6O3. The van der Waals surface area contributed by atoms with Crippen molar-refractivity contribution in [3.05, 3.63) is 77.9 Å². The van der Waals surface area contributed by atoms with E-state index in [9.17, 15) is 18.8 Å². The molecule has 188 valence electrons. The first-order valence-corrected chi connectivity index (χ1v) is 12.1. The SMILES string of the molecule is CCN1C=C2C(N1)C(=O)N(Cc1ccccc1)C(=O)N2CC(=O)N1CCN(c2ccc(F)cc2)CC1. The second kappa shape index (κ2) is 9.98. The molecule has 2 aromatic carbocycles. The topological polar surface area (TPSA) is 79.4 Å². The summed E-state index contributed by atoms with van der Waals surface area (Å²) in [6, 6.07) is 14.4. The predicted octanol–water partition coefficient (Wildman–Crippen LogP) is 1.99. The Labute approximate surface area is 209 Å². The van der Waals surface area contributed by atoms with Crippen LogP contribution in [-0.4, -0.2) is 82.9 Å². The third-order valence-electron chi connectivity index (χ3n) is 6.81. The van der Waals surface area contributed by atoms with Gasteiger partial charge in [-0.15, -0.1) is 0 Å². The van der Waals surface area contributed by atoms with Gasteiger partial charge in [-0.05, 0) is 36.8 Å². The smallest absolute Gasteiger partial charge is 0.331 e. The lowest BCUT2D eigenvalue weighted by atomic mass is 10.1. The largest absolute Gasteiger partial charge is 0.368 e. The average Bonchev–Trinajstić information content (AvgIpc) is 3.35. The van der Waals surface area contributed by atoms with Crippen LogP contribution in [0.1, 0.15) is 12.5 Å². The molecule has 1 atom stereocenters. The van der Waals surface area contributed by atoms with Crippen LogP contribution in [0.15, 0.2) is 66.5 Å². The van der Waals surface area contributed by atoms with Crippen LogP contribution in [0, 0.1) is 5.82 Å². The molecule has 9 nitrogen and oxygen atoms in total. The molecule has 36 heavy (non-hydrogen) atoms. The Morgan fingerprint density at radius 3 is 2.33 bits per heavy atom. The number of halogens is 1. The highest BCUT2D eigenvalue weighted by Gasteiger charge is 2.47. The molecule has 0 radical (unpaired) electrons. The minimum Gasteiger partial charge on any atom is -0.368 e. The number of hydrogen-bond acceptors (Lipinski definition) is 6. The average molecular weight is 493 g/mol. The number of amides is 4. The van der Waals surface area contributed by atoms with E-state index in [2.05, 4.69) is 10.3 Å². The minimum atomic E-state index is -0.713. The molecule has 0 spiro atoms. The van der Waals surface area contributed by atoms with E-state index >= 15 is 0 Å². The maximum absolute atomic E-state index is 13.5. The second-order valence-corrected chi connectivity index (χ2v) is 9.03. The first-order valence-electron chi connectivity index (χ1n) is 12.1. The third-order valence-corrected chi connectivity index (χ3v) is 6.81. The minimum absolute atomic E-state index is 0.136. The van der Waals surface area contributed by atoms with Gasteiger partial charge < -0.3 is 14.8 Å². The Hall–Kier alpha value is -3.92. The van der Waals surface area contributed by atoms with Gasteiger partial charge in [-0.2, -0.15) is 0 Å². The molecule has 1 N–H and O–H groups in total. The van der Waals surface area contributed by atoms with E-state index in [1.807, 2.05) is 37.3 Å². The van der Waals surface area contributed by atoms with Crippen LogP contribution in [0.4, 0.5) is 14.9 Å². The number of urea groups is 1. The van der Waals surface area contributed by atoms with Gasteiger partial charge in [0.1, 0.15) is 18.4 Å². The van der Waals surface area contributed by atoms with Gasteiger partial charge in [-0.1, -0.05) is 30.3 Å². The molecule has 2 aromatic rings. The van der Waals surface area contributed by atoms with E-state index in [0.29, 0.717) is 38.4 Å². The molecule has 0 saturated carbocycles. The summed E-state index contributed by atoms with van der Waals surface area (Å²) in [4.78, 5) is 46.5. The van der Waals surface area contributed by atoms with Crippen molar-refractivity contribution in [1.82, 2.24) is 25.1 Å². The molecule has 5 rings (SSSR count). The van der Waals surface area contributed by atoms with Gasteiger partial charge >= 0.3 is 6.03 Å². The highest BCUT2D eigenvalue weighted by molar-refractivity contribution is 6.04. The molecule has 2 fully saturated rings. The quantitative estimate of drug-likeness (QED) is 0.665. The van der Waals surface area contributed by atoms with Crippen molar-refractivity contribution in [2.24, 2.45) is 0 Å². The Morgan fingerprint density at radius 1 is 0.972 bits per heavy atom. The van der Waals surface area contributed by atoms with Gasteiger partial charge in [0.05, 0.1) is 12.2 Å². The van der Waals surface area contributed by atoms with Crippen molar-refractivity contribution < 1.29 is 18.8 Å².